The van der Waals surface area contributed by atoms with Gasteiger partial charge in [-0.15, -0.1) is 0 Å². The van der Waals surface area contributed by atoms with Crippen LogP contribution < -0.4 is 11.1 Å². The number of esters is 1. The average molecular weight is 322 g/mol. The van der Waals surface area contributed by atoms with Crippen molar-refractivity contribution in [1.82, 2.24) is 5.32 Å². The second-order valence-electron chi connectivity index (χ2n) is 5.47. The van der Waals surface area contributed by atoms with Crippen LogP contribution in [0.3, 0.4) is 0 Å². The fourth-order valence-corrected chi connectivity index (χ4v) is 2.25. The standard InChI is InChI=1S/C17H26N2O4/c1-23-17(22)15(12-13-7-9-14(20)10-8-13)19-16(21)6-4-2-3-5-11-18/h7-10,15,20H,2-6,11-12,18H2,1H3,(H,19,21). The average Bonchev–Trinajstić information content (AvgIpc) is 2.55. The zero-order valence-electron chi connectivity index (χ0n) is 13.6. The van der Waals surface area contributed by atoms with Crippen LogP contribution in [0.25, 0.3) is 0 Å². The Kier molecular flexibility index (Phi) is 8.75. The van der Waals surface area contributed by atoms with E-state index in [1.807, 2.05) is 0 Å². The molecule has 0 radical (unpaired) electrons. The van der Waals surface area contributed by atoms with E-state index in [1.54, 1.807) is 24.3 Å². The van der Waals surface area contributed by atoms with Gasteiger partial charge in [0.2, 0.25) is 5.91 Å². The van der Waals surface area contributed by atoms with Gasteiger partial charge in [-0.25, -0.2) is 4.79 Å². The van der Waals surface area contributed by atoms with Gasteiger partial charge in [-0.3, -0.25) is 4.79 Å². The van der Waals surface area contributed by atoms with E-state index in [-0.39, 0.29) is 11.7 Å². The first-order valence-corrected chi connectivity index (χ1v) is 7.92. The van der Waals surface area contributed by atoms with Crippen molar-refractivity contribution >= 4 is 11.9 Å². The Hall–Kier alpha value is -2.08. The highest BCUT2D eigenvalue weighted by atomic mass is 16.5. The molecule has 1 atom stereocenters. The van der Waals surface area contributed by atoms with Crippen molar-refractivity contribution < 1.29 is 19.4 Å². The smallest absolute Gasteiger partial charge is 0.328 e. The highest BCUT2D eigenvalue weighted by molar-refractivity contribution is 5.84. The molecule has 1 rings (SSSR count). The van der Waals surface area contributed by atoms with Gasteiger partial charge >= 0.3 is 5.97 Å². The molecule has 0 saturated carbocycles. The van der Waals surface area contributed by atoms with Gasteiger partial charge < -0.3 is 20.9 Å². The fourth-order valence-electron chi connectivity index (χ4n) is 2.25. The lowest BCUT2D eigenvalue weighted by molar-refractivity contribution is -0.145. The molecule has 0 heterocycles. The van der Waals surface area contributed by atoms with Crippen LogP contribution in [0.5, 0.6) is 5.75 Å². The molecule has 1 aromatic carbocycles. The molecule has 1 aromatic rings. The third-order valence-electron chi connectivity index (χ3n) is 3.56. The molecule has 0 aliphatic carbocycles. The lowest BCUT2D eigenvalue weighted by Gasteiger charge is -2.16. The third-order valence-corrected chi connectivity index (χ3v) is 3.56. The van der Waals surface area contributed by atoms with Crippen molar-refractivity contribution in [1.29, 1.82) is 0 Å². The van der Waals surface area contributed by atoms with Gasteiger partial charge in [0.05, 0.1) is 7.11 Å². The number of hydrogen-bond donors (Lipinski definition) is 3. The van der Waals surface area contributed by atoms with Crippen molar-refractivity contribution in [2.45, 2.75) is 44.6 Å². The van der Waals surface area contributed by atoms with Gasteiger partial charge in [-0.05, 0) is 37.1 Å². The minimum absolute atomic E-state index is 0.157. The van der Waals surface area contributed by atoms with Gasteiger partial charge in [0.1, 0.15) is 11.8 Å². The van der Waals surface area contributed by atoms with Gasteiger partial charge in [0.25, 0.3) is 0 Å². The summed E-state index contributed by atoms with van der Waals surface area (Å²) in [4.78, 5) is 23.8. The SMILES string of the molecule is COC(=O)C(Cc1ccc(O)cc1)NC(=O)CCCCCCN. The summed E-state index contributed by atoms with van der Waals surface area (Å²) in [5.41, 5.74) is 6.26. The summed E-state index contributed by atoms with van der Waals surface area (Å²) in [6.07, 6.45) is 4.41. The van der Waals surface area contributed by atoms with E-state index in [0.29, 0.717) is 19.4 Å². The number of carbonyl (C=O) groups excluding carboxylic acids is 2. The highest BCUT2D eigenvalue weighted by Gasteiger charge is 2.21. The number of ether oxygens (including phenoxy) is 1. The van der Waals surface area contributed by atoms with Crippen molar-refractivity contribution in [2.24, 2.45) is 5.73 Å². The monoisotopic (exact) mass is 322 g/mol. The Balaban J connectivity index is 2.49. The number of rotatable bonds is 10. The summed E-state index contributed by atoms with van der Waals surface area (Å²) >= 11 is 0. The van der Waals surface area contributed by atoms with Crippen LogP contribution in [-0.2, 0) is 20.7 Å². The summed E-state index contributed by atoms with van der Waals surface area (Å²) in [5.74, 6) is -0.480. The van der Waals surface area contributed by atoms with E-state index in [4.69, 9.17) is 10.5 Å². The number of amides is 1. The molecule has 1 amide bonds. The Morgan fingerprint density at radius 2 is 1.83 bits per heavy atom. The Bertz CT molecular complexity index is 488. The molecule has 128 valence electrons. The van der Waals surface area contributed by atoms with E-state index in [2.05, 4.69) is 5.32 Å². The molecule has 6 nitrogen and oxygen atoms in total. The number of nitrogens with one attached hydrogen (secondary N) is 1. The number of aromatic hydroxyl groups is 1. The number of phenols is 1. The number of carbonyl (C=O) groups is 2. The summed E-state index contributed by atoms with van der Waals surface area (Å²) in [6.45, 7) is 0.670. The molecular weight excluding hydrogens is 296 g/mol. The van der Waals surface area contributed by atoms with Crippen LogP contribution in [0, 0.1) is 0 Å². The van der Waals surface area contributed by atoms with Gasteiger partial charge in [-0.1, -0.05) is 25.0 Å². The molecule has 0 saturated heterocycles. The third kappa shape index (κ3) is 7.65. The maximum absolute atomic E-state index is 12.0. The van der Waals surface area contributed by atoms with E-state index < -0.39 is 12.0 Å². The zero-order valence-corrected chi connectivity index (χ0v) is 13.6. The quantitative estimate of drug-likeness (QED) is 0.447. The molecule has 0 bridgehead atoms. The normalized spacial score (nSPS) is 11.7. The first-order valence-electron chi connectivity index (χ1n) is 7.92. The van der Waals surface area contributed by atoms with Gasteiger partial charge in [-0.2, -0.15) is 0 Å². The van der Waals surface area contributed by atoms with Crippen molar-refractivity contribution in [3.63, 3.8) is 0 Å². The molecule has 0 spiro atoms. The molecule has 4 N–H and O–H groups in total. The van der Waals surface area contributed by atoms with Crippen LogP contribution in [-0.4, -0.2) is 36.7 Å². The minimum atomic E-state index is -0.721. The summed E-state index contributed by atoms with van der Waals surface area (Å²) in [5, 5.41) is 12.0. The molecule has 0 aliphatic heterocycles. The van der Waals surface area contributed by atoms with E-state index >= 15 is 0 Å². The molecule has 23 heavy (non-hydrogen) atoms. The summed E-state index contributed by atoms with van der Waals surface area (Å²) in [7, 11) is 1.30. The zero-order chi connectivity index (χ0) is 17.1. The first kappa shape index (κ1) is 19.0. The van der Waals surface area contributed by atoms with E-state index in [9.17, 15) is 14.7 Å². The van der Waals surface area contributed by atoms with E-state index in [1.165, 1.54) is 7.11 Å². The van der Waals surface area contributed by atoms with Gasteiger partial charge in [0.15, 0.2) is 0 Å². The molecule has 6 heteroatoms. The lowest BCUT2D eigenvalue weighted by atomic mass is 10.1. The number of phenolic OH excluding ortho intramolecular Hbond substituents is 1. The molecule has 0 aliphatic rings. The summed E-state index contributed by atoms with van der Waals surface area (Å²) < 4.78 is 4.75. The molecule has 0 aromatic heterocycles. The second-order valence-corrected chi connectivity index (χ2v) is 5.47. The van der Waals surface area contributed by atoms with Crippen LogP contribution >= 0.6 is 0 Å². The summed E-state index contributed by atoms with van der Waals surface area (Å²) in [6, 6.07) is 5.79. The number of methoxy groups -OCH3 is 1. The number of nitrogens with two attached hydrogens (primary N) is 1. The maximum Gasteiger partial charge on any atom is 0.328 e. The first-order chi connectivity index (χ1) is 11.1. The van der Waals surface area contributed by atoms with Crippen LogP contribution in [0.4, 0.5) is 0 Å². The minimum Gasteiger partial charge on any atom is -0.508 e. The maximum atomic E-state index is 12.0. The Morgan fingerprint density at radius 3 is 2.43 bits per heavy atom. The topological polar surface area (TPSA) is 102 Å². The molecular formula is C17H26N2O4. The lowest BCUT2D eigenvalue weighted by Crippen LogP contribution is -2.43. The number of hydrogen-bond acceptors (Lipinski definition) is 5. The van der Waals surface area contributed by atoms with E-state index in [0.717, 1.165) is 31.2 Å². The number of unbranched alkanes of at least 4 members (excludes halogenated alkanes) is 3. The second kappa shape index (κ2) is 10.6. The van der Waals surface area contributed by atoms with Crippen LogP contribution in [0.15, 0.2) is 24.3 Å². The predicted octanol–water partition coefficient (Wildman–Crippen LogP) is 1.50. The Morgan fingerprint density at radius 1 is 1.17 bits per heavy atom. The van der Waals surface area contributed by atoms with Gasteiger partial charge in [0, 0.05) is 12.8 Å². The largest absolute Gasteiger partial charge is 0.508 e. The predicted molar refractivity (Wildman–Crippen MR) is 87.9 cm³/mol. The number of benzene rings is 1. The molecule has 1 unspecified atom stereocenters. The van der Waals surface area contributed by atoms with Crippen molar-refractivity contribution in [3.8, 4) is 5.75 Å². The van der Waals surface area contributed by atoms with Crippen LogP contribution in [0.2, 0.25) is 0 Å². The van der Waals surface area contributed by atoms with Crippen molar-refractivity contribution in [2.75, 3.05) is 13.7 Å². The molecule has 0 fully saturated rings. The fraction of sp³-hybridized carbons (Fsp3) is 0.529. The van der Waals surface area contributed by atoms with Crippen LogP contribution in [0.1, 0.15) is 37.7 Å². The van der Waals surface area contributed by atoms with Crippen molar-refractivity contribution in [3.05, 3.63) is 29.8 Å². The Labute approximate surface area is 137 Å². The highest BCUT2D eigenvalue weighted by Crippen LogP contribution is 2.12.